The lowest BCUT2D eigenvalue weighted by molar-refractivity contribution is -0.118. The quantitative estimate of drug-likeness (QED) is 0.577. The van der Waals surface area contributed by atoms with Crippen LogP contribution in [0.3, 0.4) is 0 Å². The average molecular weight is 266 g/mol. The zero-order valence-electron chi connectivity index (χ0n) is 12.7. The van der Waals surface area contributed by atoms with Crippen molar-refractivity contribution in [3.63, 3.8) is 0 Å². The third-order valence-corrected chi connectivity index (χ3v) is 5.14. The Kier molecular flexibility index (Phi) is 5.40. The Morgan fingerprint density at radius 3 is 2.37 bits per heavy atom. The molecule has 1 aliphatic carbocycles. The fraction of sp³-hybridized carbons (Fsp3) is 0.938. The van der Waals surface area contributed by atoms with Gasteiger partial charge in [0.2, 0.25) is 0 Å². The molecule has 0 spiro atoms. The van der Waals surface area contributed by atoms with E-state index in [1.165, 1.54) is 32.0 Å². The molecule has 19 heavy (non-hydrogen) atoms. The van der Waals surface area contributed by atoms with Gasteiger partial charge in [0.15, 0.2) is 0 Å². The Morgan fingerprint density at radius 2 is 1.84 bits per heavy atom. The molecule has 2 fully saturated rings. The minimum absolute atomic E-state index is 0.0371. The average Bonchev–Trinajstić information content (AvgIpc) is 2.65. The summed E-state index contributed by atoms with van der Waals surface area (Å²) in [5.41, 5.74) is -0.0371. The molecular weight excluding hydrogens is 236 g/mol. The molecule has 2 aliphatic rings. The molecule has 110 valence electrons. The van der Waals surface area contributed by atoms with Crippen molar-refractivity contribution in [1.82, 2.24) is 9.80 Å². The molecule has 2 rings (SSSR count). The van der Waals surface area contributed by atoms with Crippen LogP contribution in [-0.2, 0) is 4.79 Å². The van der Waals surface area contributed by atoms with Gasteiger partial charge < -0.3 is 4.79 Å². The van der Waals surface area contributed by atoms with Crippen molar-refractivity contribution >= 4 is 6.29 Å². The number of rotatable bonds is 4. The molecule has 0 bridgehead atoms. The molecule has 0 aromatic heterocycles. The van der Waals surface area contributed by atoms with Crippen LogP contribution in [-0.4, -0.2) is 54.9 Å². The third kappa shape index (κ3) is 3.79. The Bertz CT molecular complexity index is 284. The van der Waals surface area contributed by atoms with Crippen LogP contribution in [0.5, 0.6) is 0 Å². The first-order chi connectivity index (χ1) is 9.19. The van der Waals surface area contributed by atoms with Crippen molar-refractivity contribution in [3.05, 3.63) is 0 Å². The first-order valence-electron chi connectivity index (χ1n) is 8.12. The third-order valence-electron chi connectivity index (χ3n) is 5.14. The first-order valence-corrected chi connectivity index (χ1v) is 8.12. The van der Waals surface area contributed by atoms with Crippen molar-refractivity contribution in [1.29, 1.82) is 0 Å². The highest BCUT2D eigenvalue weighted by atomic mass is 16.1. The van der Waals surface area contributed by atoms with Crippen LogP contribution >= 0.6 is 0 Å². The van der Waals surface area contributed by atoms with Gasteiger partial charge in [0.25, 0.3) is 0 Å². The highest BCUT2D eigenvalue weighted by Gasteiger charge is 2.34. The standard InChI is InChI=1S/C16H30N2O/c1-3-18-11-10-17(12-15(18)2)13-16(14-19)8-6-4-5-7-9-16/h14-15H,3-13H2,1-2H3. The van der Waals surface area contributed by atoms with Crippen LogP contribution in [0.25, 0.3) is 0 Å². The van der Waals surface area contributed by atoms with Gasteiger partial charge in [0.1, 0.15) is 6.29 Å². The fourth-order valence-electron chi connectivity index (χ4n) is 3.88. The first kappa shape index (κ1) is 15.0. The normalized spacial score (nSPS) is 29.9. The summed E-state index contributed by atoms with van der Waals surface area (Å²) in [6.07, 6.45) is 8.62. The molecule has 1 heterocycles. The highest BCUT2D eigenvalue weighted by Crippen LogP contribution is 2.34. The molecule has 1 aliphatic heterocycles. The number of carbonyl (C=O) groups is 1. The summed E-state index contributed by atoms with van der Waals surface area (Å²) in [7, 11) is 0. The van der Waals surface area contributed by atoms with E-state index in [9.17, 15) is 4.79 Å². The molecule has 0 amide bonds. The maximum Gasteiger partial charge on any atom is 0.127 e. The number of nitrogens with zero attached hydrogens (tertiary/aromatic N) is 2. The molecule has 0 aromatic carbocycles. The van der Waals surface area contributed by atoms with Gasteiger partial charge in [0.05, 0.1) is 0 Å². The number of aldehydes is 1. The Balaban J connectivity index is 1.93. The zero-order valence-corrected chi connectivity index (χ0v) is 12.7. The summed E-state index contributed by atoms with van der Waals surface area (Å²) < 4.78 is 0. The van der Waals surface area contributed by atoms with Crippen LogP contribution < -0.4 is 0 Å². The van der Waals surface area contributed by atoms with E-state index in [1.54, 1.807) is 0 Å². The van der Waals surface area contributed by atoms with E-state index in [1.807, 2.05) is 0 Å². The molecule has 1 atom stereocenters. The number of piperazine rings is 1. The highest BCUT2D eigenvalue weighted by molar-refractivity contribution is 5.59. The van der Waals surface area contributed by atoms with Gasteiger partial charge in [-0.15, -0.1) is 0 Å². The van der Waals surface area contributed by atoms with Gasteiger partial charge >= 0.3 is 0 Å². The van der Waals surface area contributed by atoms with Crippen molar-refractivity contribution in [2.75, 3.05) is 32.7 Å². The van der Waals surface area contributed by atoms with Gasteiger partial charge in [-0.2, -0.15) is 0 Å². The number of likely N-dealkylation sites (N-methyl/N-ethyl adjacent to an activating group) is 1. The molecule has 1 unspecified atom stereocenters. The van der Waals surface area contributed by atoms with Gasteiger partial charge in [0, 0.05) is 37.6 Å². The van der Waals surface area contributed by atoms with Crippen LogP contribution in [0.1, 0.15) is 52.4 Å². The number of carbonyl (C=O) groups excluding carboxylic acids is 1. The monoisotopic (exact) mass is 266 g/mol. The van der Waals surface area contributed by atoms with Crippen LogP contribution in [0, 0.1) is 5.41 Å². The lowest BCUT2D eigenvalue weighted by atomic mass is 9.81. The molecule has 0 aromatic rings. The Morgan fingerprint density at radius 1 is 1.16 bits per heavy atom. The summed E-state index contributed by atoms with van der Waals surface area (Å²) in [4.78, 5) is 16.8. The lowest BCUT2D eigenvalue weighted by Gasteiger charge is -2.42. The summed E-state index contributed by atoms with van der Waals surface area (Å²) in [6.45, 7) is 10.1. The summed E-state index contributed by atoms with van der Waals surface area (Å²) in [6, 6.07) is 0.633. The lowest BCUT2D eigenvalue weighted by Crippen LogP contribution is -2.54. The summed E-state index contributed by atoms with van der Waals surface area (Å²) in [5.74, 6) is 0. The molecular formula is C16H30N2O. The SMILES string of the molecule is CCN1CCN(CC2(C=O)CCCCCC2)CC1C. The minimum Gasteiger partial charge on any atom is -0.303 e. The zero-order chi connectivity index (χ0) is 13.7. The van der Waals surface area contributed by atoms with E-state index in [-0.39, 0.29) is 5.41 Å². The van der Waals surface area contributed by atoms with E-state index < -0.39 is 0 Å². The van der Waals surface area contributed by atoms with E-state index in [4.69, 9.17) is 0 Å². The summed E-state index contributed by atoms with van der Waals surface area (Å²) in [5, 5.41) is 0. The van der Waals surface area contributed by atoms with E-state index >= 15 is 0 Å². The van der Waals surface area contributed by atoms with Crippen molar-refractivity contribution in [2.45, 2.75) is 58.4 Å². The predicted octanol–water partition coefficient (Wildman–Crippen LogP) is 2.55. The topological polar surface area (TPSA) is 23.6 Å². The van der Waals surface area contributed by atoms with E-state index in [0.29, 0.717) is 6.04 Å². The molecule has 1 saturated heterocycles. The second kappa shape index (κ2) is 6.85. The smallest absolute Gasteiger partial charge is 0.127 e. The second-order valence-electron chi connectivity index (χ2n) is 6.61. The number of hydrogen-bond acceptors (Lipinski definition) is 3. The fourth-order valence-corrected chi connectivity index (χ4v) is 3.88. The molecule has 0 N–H and O–H groups in total. The Labute approximate surface area is 118 Å². The maximum absolute atomic E-state index is 11.7. The van der Waals surface area contributed by atoms with Gasteiger partial charge in [-0.1, -0.05) is 32.6 Å². The van der Waals surface area contributed by atoms with Crippen LogP contribution in [0.4, 0.5) is 0 Å². The summed E-state index contributed by atoms with van der Waals surface area (Å²) >= 11 is 0. The van der Waals surface area contributed by atoms with E-state index in [2.05, 4.69) is 23.6 Å². The minimum atomic E-state index is -0.0371. The van der Waals surface area contributed by atoms with Crippen molar-refractivity contribution in [3.8, 4) is 0 Å². The Hall–Kier alpha value is -0.410. The molecule has 0 radical (unpaired) electrons. The largest absolute Gasteiger partial charge is 0.303 e. The van der Waals surface area contributed by atoms with Gasteiger partial charge in [-0.3, -0.25) is 9.80 Å². The second-order valence-corrected chi connectivity index (χ2v) is 6.61. The van der Waals surface area contributed by atoms with Crippen molar-refractivity contribution < 1.29 is 4.79 Å². The number of hydrogen-bond donors (Lipinski definition) is 0. The van der Waals surface area contributed by atoms with Crippen LogP contribution in [0.2, 0.25) is 0 Å². The molecule has 3 heteroatoms. The maximum atomic E-state index is 11.7. The predicted molar refractivity (Wildman–Crippen MR) is 79.3 cm³/mol. The van der Waals surface area contributed by atoms with Crippen molar-refractivity contribution in [2.24, 2.45) is 5.41 Å². The molecule has 1 saturated carbocycles. The van der Waals surface area contributed by atoms with E-state index in [0.717, 1.165) is 45.6 Å². The van der Waals surface area contributed by atoms with Gasteiger partial charge in [-0.05, 0) is 26.3 Å². The van der Waals surface area contributed by atoms with Gasteiger partial charge in [-0.25, -0.2) is 0 Å². The molecule has 3 nitrogen and oxygen atoms in total. The van der Waals surface area contributed by atoms with Crippen LogP contribution in [0.15, 0.2) is 0 Å².